The van der Waals surface area contributed by atoms with Crippen molar-refractivity contribution in [2.24, 2.45) is 7.05 Å². The maximum absolute atomic E-state index is 12.3. The summed E-state index contributed by atoms with van der Waals surface area (Å²) in [5, 5.41) is 13.0. The van der Waals surface area contributed by atoms with Crippen molar-refractivity contribution < 1.29 is 18.3 Å². The standard InChI is InChI=1S/C12H14N4O4S/c1-16-9(4-5-14-16)7-15-21(19,20)11-6-8(13)2-3-10(11)12(17)18/h2-6,15H,7,13H2,1H3,(H,17,18). The lowest BCUT2D eigenvalue weighted by atomic mass is 10.2. The van der Waals surface area contributed by atoms with Gasteiger partial charge in [-0.05, 0) is 24.3 Å². The quantitative estimate of drug-likeness (QED) is 0.676. The Morgan fingerprint density at radius 3 is 2.71 bits per heavy atom. The first-order valence-corrected chi connectivity index (χ1v) is 7.39. The fraction of sp³-hybridized carbons (Fsp3) is 0.167. The molecule has 0 aliphatic carbocycles. The van der Waals surface area contributed by atoms with Gasteiger partial charge in [-0.3, -0.25) is 4.68 Å². The highest BCUT2D eigenvalue weighted by Crippen LogP contribution is 2.19. The molecule has 0 saturated heterocycles. The van der Waals surface area contributed by atoms with Gasteiger partial charge in [-0.15, -0.1) is 0 Å². The SMILES string of the molecule is Cn1nccc1CNS(=O)(=O)c1cc(N)ccc1C(=O)O. The average molecular weight is 310 g/mol. The van der Waals surface area contributed by atoms with Crippen LogP contribution in [0.1, 0.15) is 16.1 Å². The van der Waals surface area contributed by atoms with Gasteiger partial charge in [0.05, 0.1) is 22.7 Å². The molecule has 0 radical (unpaired) electrons. The van der Waals surface area contributed by atoms with E-state index in [0.717, 1.165) is 12.1 Å². The number of carbonyl (C=O) groups is 1. The zero-order valence-electron chi connectivity index (χ0n) is 11.1. The first-order valence-electron chi connectivity index (χ1n) is 5.90. The fourth-order valence-electron chi connectivity index (χ4n) is 1.76. The molecule has 0 fully saturated rings. The monoisotopic (exact) mass is 310 g/mol. The number of aromatic nitrogens is 2. The van der Waals surface area contributed by atoms with Crippen molar-refractivity contribution in [3.8, 4) is 0 Å². The lowest BCUT2D eigenvalue weighted by molar-refractivity contribution is 0.0692. The molecule has 9 heteroatoms. The summed E-state index contributed by atoms with van der Waals surface area (Å²) in [5.74, 6) is -1.34. The molecule has 0 aliphatic heterocycles. The Labute approximate surface area is 121 Å². The minimum Gasteiger partial charge on any atom is -0.478 e. The number of rotatable bonds is 5. The summed E-state index contributed by atoms with van der Waals surface area (Å²) in [6.45, 7) is -0.00725. The molecule has 2 rings (SSSR count). The van der Waals surface area contributed by atoms with Crippen molar-refractivity contribution in [3.63, 3.8) is 0 Å². The third-order valence-electron chi connectivity index (χ3n) is 2.89. The molecule has 0 spiro atoms. The van der Waals surface area contributed by atoms with E-state index in [9.17, 15) is 13.2 Å². The van der Waals surface area contributed by atoms with Crippen LogP contribution >= 0.6 is 0 Å². The predicted octanol–water partition coefficient (Wildman–Crippen LogP) is 0.179. The molecule has 4 N–H and O–H groups in total. The number of aromatic carboxylic acids is 1. The number of hydrogen-bond acceptors (Lipinski definition) is 5. The molecule has 112 valence electrons. The second kappa shape index (κ2) is 5.54. The van der Waals surface area contributed by atoms with Gasteiger partial charge in [-0.25, -0.2) is 17.9 Å². The van der Waals surface area contributed by atoms with E-state index >= 15 is 0 Å². The number of carboxylic acids is 1. The van der Waals surface area contributed by atoms with Gasteiger partial charge in [0.2, 0.25) is 10.0 Å². The van der Waals surface area contributed by atoms with Crippen molar-refractivity contribution in [2.45, 2.75) is 11.4 Å². The van der Waals surface area contributed by atoms with Crippen LogP contribution < -0.4 is 10.5 Å². The van der Waals surface area contributed by atoms with Crippen LogP contribution in [0, 0.1) is 0 Å². The smallest absolute Gasteiger partial charge is 0.337 e. The fourth-order valence-corrected chi connectivity index (χ4v) is 2.99. The molecule has 0 amide bonds. The van der Waals surface area contributed by atoms with Crippen LogP contribution in [0.25, 0.3) is 0 Å². The Bertz CT molecular complexity index is 782. The first kappa shape index (κ1) is 15.0. The first-order chi connectivity index (χ1) is 9.81. The van der Waals surface area contributed by atoms with Crippen LogP contribution in [0.4, 0.5) is 5.69 Å². The van der Waals surface area contributed by atoms with Crippen molar-refractivity contribution >= 4 is 21.7 Å². The zero-order valence-corrected chi connectivity index (χ0v) is 12.0. The highest BCUT2D eigenvalue weighted by molar-refractivity contribution is 7.89. The van der Waals surface area contributed by atoms with E-state index < -0.39 is 16.0 Å². The van der Waals surface area contributed by atoms with Crippen molar-refractivity contribution in [1.29, 1.82) is 0 Å². The van der Waals surface area contributed by atoms with Gasteiger partial charge in [0.25, 0.3) is 0 Å². The van der Waals surface area contributed by atoms with E-state index in [-0.39, 0.29) is 22.7 Å². The molecule has 0 bridgehead atoms. The normalized spacial score (nSPS) is 11.5. The number of anilines is 1. The summed E-state index contributed by atoms with van der Waals surface area (Å²) in [4.78, 5) is 10.8. The summed E-state index contributed by atoms with van der Waals surface area (Å²) in [6, 6.07) is 5.27. The second-order valence-corrected chi connectivity index (χ2v) is 6.07. The third-order valence-corrected chi connectivity index (χ3v) is 4.33. The van der Waals surface area contributed by atoms with Crippen LogP contribution in [-0.4, -0.2) is 29.3 Å². The number of carboxylic acid groups (broad SMARTS) is 1. The van der Waals surface area contributed by atoms with Gasteiger partial charge in [-0.1, -0.05) is 0 Å². The van der Waals surface area contributed by atoms with Crippen molar-refractivity contribution in [2.75, 3.05) is 5.73 Å². The number of sulfonamides is 1. The molecular weight excluding hydrogens is 296 g/mol. The van der Waals surface area contributed by atoms with Gasteiger partial charge >= 0.3 is 5.97 Å². The minimum absolute atomic E-state index is 0.00725. The van der Waals surface area contributed by atoms with Gasteiger partial charge in [0.1, 0.15) is 0 Å². The molecule has 1 heterocycles. The van der Waals surface area contributed by atoms with E-state index in [4.69, 9.17) is 10.8 Å². The maximum atomic E-state index is 12.3. The zero-order chi connectivity index (χ0) is 15.6. The molecular formula is C12H14N4O4S. The van der Waals surface area contributed by atoms with E-state index in [1.807, 2.05) is 0 Å². The van der Waals surface area contributed by atoms with E-state index in [1.165, 1.54) is 16.9 Å². The molecule has 0 atom stereocenters. The number of aryl methyl sites for hydroxylation is 1. The summed E-state index contributed by atoms with van der Waals surface area (Å²) >= 11 is 0. The lowest BCUT2D eigenvalue weighted by Crippen LogP contribution is -2.26. The highest BCUT2D eigenvalue weighted by atomic mass is 32.2. The van der Waals surface area contributed by atoms with Gasteiger partial charge < -0.3 is 10.8 Å². The lowest BCUT2D eigenvalue weighted by Gasteiger charge is -2.10. The van der Waals surface area contributed by atoms with Crippen molar-refractivity contribution in [1.82, 2.24) is 14.5 Å². The minimum atomic E-state index is -4.00. The molecule has 8 nitrogen and oxygen atoms in total. The van der Waals surface area contributed by atoms with Gasteiger partial charge in [0, 0.05) is 18.9 Å². The summed E-state index contributed by atoms with van der Waals surface area (Å²) < 4.78 is 28.4. The third kappa shape index (κ3) is 3.20. The van der Waals surface area contributed by atoms with E-state index in [1.54, 1.807) is 13.1 Å². The van der Waals surface area contributed by atoms with Gasteiger partial charge in [-0.2, -0.15) is 5.10 Å². The number of nitrogen functional groups attached to an aromatic ring is 1. The van der Waals surface area contributed by atoms with Crippen LogP contribution in [0.5, 0.6) is 0 Å². The Morgan fingerprint density at radius 1 is 1.43 bits per heavy atom. The summed E-state index contributed by atoms with van der Waals surface area (Å²) in [7, 11) is -2.33. The average Bonchev–Trinajstić information content (AvgIpc) is 2.81. The maximum Gasteiger partial charge on any atom is 0.337 e. The number of nitrogens with two attached hydrogens (primary N) is 1. The summed E-state index contributed by atoms with van der Waals surface area (Å²) in [5.41, 5.74) is 6.01. The molecule has 0 saturated carbocycles. The number of benzene rings is 1. The Morgan fingerprint density at radius 2 is 2.14 bits per heavy atom. The van der Waals surface area contributed by atoms with Crippen LogP contribution in [-0.2, 0) is 23.6 Å². The Hall–Kier alpha value is -2.39. The van der Waals surface area contributed by atoms with Crippen LogP contribution in [0.3, 0.4) is 0 Å². The second-order valence-electron chi connectivity index (χ2n) is 4.33. The van der Waals surface area contributed by atoms with Gasteiger partial charge in [0.15, 0.2) is 0 Å². The largest absolute Gasteiger partial charge is 0.478 e. The molecule has 21 heavy (non-hydrogen) atoms. The molecule has 0 unspecified atom stereocenters. The molecule has 0 aliphatic rings. The highest BCUT2D eigenvalue weighted by Gasteiger charge is 2.22. The molecule has 1 aromatic heterocycles. The Kier molecular flexibility index (Phi) is 3.96. The molecule has 1 aromatic carbocycles. The number of hydrogen-bond donors (Lipinski definition) is 3. The van der Waals surface area contributed by atoms with Crippen LogP contribution in [0.15, 0.2) is 35.4 Å². The number of nitrogens with one attached hydrogen (secondary N) is 1. The van der Waals surface area contributed by atoms with E-state index in [2.05, 4.69) is 9.82 Å². The molecule has 2 aromatic rings. The van der Waals surface area contributed by atoms with Crippen LogP contribution in [0.2, 0.25) is 0 Å². The summed E-state index contributed by atoms with van der Waals surface area (Å²) in [6.07, 6.45) is 1.53. The Balaban J connectivity index is 2.33. The predicted molar refractivity (Wildman–Crippen MR) is 75.0 cm³/mol. The number of nitrogens with zero attached hydrogens (tertiary/aromatic N) is 2. The van der Waals surface area contributed by atoms with Crippen molar-refractivity contribution in [3.05, 3.63) is 41.7 Å². The van der Waals surface area contributed by atoms with E-state index in [0.29, 0.717) is 5.69 Å². The topological polar surface area (TPSA) is 127 Å².